The summed E-state index contributed by atoms with van der Waals surface area (Å²) in [5.74, 6) is 0.832. The molecule has 3 heterocycles. The van der Waals surface area contributed by atoms with Crippen molar-refractivity contribution in [1.82, 2.24) is 25.0 Å². The van der Waals surface area contributed by atoms with Crippen molar-refractivity contribution in [3.8, 4) is 0 Å². The first-order valence-electron chi connectivity index (χ1n) is 14.2. The van der Waals surface area contributed by atoms with Gasteiger partial charge in [-0.2, -0.15) is 5.10 Å². The number of hydrogen-bond donors (Lipinski definition) is 4. The molecule has 11 heteroatoms. The number of hydrogen-bond acceptors (Lipinski definition) is 7. The zero-order valence-corrected chi connectivity index (χ0v) is 25.2. The minimum Gasteiger partial charge on any atom is -0.483 e. The Morgan fingerprint density at radius 1 is 1.14 bits per heavy atom. The highest BCUT2D eigenvalue weighted by atomic mass is 32.2. The molecule has 0 bridgehead atoms. The number of carboxylic acid groups (broad SMARTS) is 1. The normalized spacial score (nSPS) is 14.0. The van der Waals surface area contributed by atoms with Crippen LogP contribution in [0.3, 0.4) is 0 Å². The van der Waals surface area contributed by atoms with E-state index in [0.29, 0.717) is 25.1 Å². The number of aliphatic hydroxyl groups excluding tert-OH is 1. The molecule has 2 aromatic carbocycles. The molecular formula is C31H40N6O4S. The van der Waals surface area contributed by atoms with Crippen LogP contribution in [0.1, 0.15) is 40.9 Å². The van der Waals surface area contributed by atoms with E-state index < -0.39 is 12.1 Å². The second-order valence-electron chi connectivity index (χ2n) is 10.2. The Morgan fingerprint density at radius 3 is 2.60 bits per heavy atom. The maximum absolute atomic E-state index is 13.7. The van der Waals surface area contributed by atoms with E-state index in [-0.39, 0.29) is 12.4 Å². The van der Waals surface area contributed by atoms with Gasteiger partial charge in [0.1, 0.15) is 0 Å². The SMILES string of the molecule is CCn1cc(CNC[C@@H](O)[C@H](Cc2ccccc2)NC(=O)c2cc3c4c(cn(CC)c4c2)CCSN3C)cn1.O=CO. The fourth-order valence-electron chi connectivity index (χ4n) is 5.26. The molecule has 1 aliphatic heterocycles. The Balaban J connectivity index is 0.00000129. The van der Waals surface area contributed by atoms with E-state index >= 15 is 0 Å². The summed E-state index contributed by atoms with van der Waals surface area (Å²) in [4.78, 5) is 22.1. The minimum absolute atomic E-state index is 0.176. The van der Waals surface area contributed by atoms with E-state index in [4.69, 9.17) is 9.90 Å². The summed E-state index contributed by atoms with van der Waals surface area (Å²) in [6, 6.07) is 13.5. The van der Waals surface area contributed by atoms with Crippen LogP contribution in [0.15, 0.2) is 61.1 Å². The largest absolute Gasteiger partial charge is 0.483 e. The van der Waals surface area contributed by atoms with Crippen LogP contribution in [0.4, 0.5) is 5.69 Å². The Labute approximate surface area is 250 Å². The maximum atomic E-state index is 13.7. The first-order valence-corrected chi connectivity index (χ1v) is 15.2. The molecule has 224 valence electrons. The van der Waals surface area contributed by atoms with Crippen LogP contribution in [0, 0.1) is 0 Å². The van der Waals surface area contributed by atoms with Crippen molar-refractivity contribution < 1.29 is 19.8 Å². The summed E-state index contributed by atoms with van der Waals surface area (Å²) >= 11 is 1.78. The lowest BCUT2D eigenvalue weighted by molar-refractivity contribution is -0.122. The summed E-state index contributed by atoms with van der Waals surface area (Å²) in [5, 5.41) is 30.2. The zero-order valence-electron chi connectivity index (χ0n) is 24.4. The number of carbonyl (C=O) groups is 2. The van der Waals surface area contributed by atoms with Crippen LogP contribution in [0.2, 0.25) is 0 Å². The van der Waals surface area contributed by atoms with Gasteiger partial charge in [-0.25, -0.2) is 0 Å². The van der Waals surface area contributed by atoms with Crippen molar-refractivity contribution in [2.75, 3.05) is 23.7 Å². The molecule has 2 aromatic heterocycles. The van der Waals surface area contributed by atoms with Gasteiger partial charge >= 0.3 is 0 Å². The highest BCUT2D eigenvalue weighted by molar-refractivity contribution is 8.00. The first-order chi connectivity index (χ1) is 20.4. The monoisotopic (exact) mass is 592 g/mol. The Hall–Kier alpha value is -3.80. The Kier molecular flexibility index (Phi) is 11.0. The summed E-state index contributed by atoms with van der Waals surface area (Å²) in [5.41, 5.74) is 6.21. The van der Waals surface area contributed by atoms with Gasteiger partial charge in [-0.15, -0.1) is 0 Å². The van der Waals surface area contributed by atoms with Crippen molar-refractivity contribution in [3.05, 3.63) is 83.3 Å². The Bertz CT molecular complexity index is 1470. The number of aliphatic hydroxyl groups is 1. The van der Waals surface area contributed by atoms with Crippen LogP contribution < -0.4 is 14.9 Å². The van der Waals surface area contributed by atoms with Gasteiger partial charge in [0, 0.05) is 67.9 Å². The molecule has 1 amide bonds. The lowest BCUT2D eigenvalue weighted by Crippen LogP contribution is -2.48. The van der Waals surface area contributed by atoms with Crippen molar-refractivity contribution in [2.24, 2.45) is 0 Å². The van der Waals surface area contributed by atoms with E-state index in [0.717, 1.165) is 47.6 Å². The minimum atomic E-state index is -0.773. The van der Waals surface area contributed by atoms with Crippen LogP contribution in [0.5, 0.6) is 0 Å². The third-order valence-electron chi connectivity index (χ3n) is 7.41. The molecule has 4 N–H and O–H groups in total. The number of aryl methyl sites for hydroxylation is 3. The van der Waals surface area contributed by atoms with Gasteiger partial charge in [-0.1, -0.05) is 30.3 Å². The number of nitrogens with one attached hydrogen (secondary N) is 2. The highest BCUT2D eigenvalue weighted by Gasteiger charge is 2.25. The number of rotatable bonds is 11. The number of anilines is 1. The molecule has 0 saturated carbocycles. The number of amides is 1. The molecule has 10 nitrogen and oxygen atoms in total. The summed E-state index contributed by atoms with van der Waals surface area (Å²) in [6.45, 7) is 6.54. The quantitative estimate of drug-likeness (QED) is 0.154. The second kappa shape index (κ2) is 14.9. The fourth-order valence-corrected chi connectivity index (χ4v) is 6.13. The summed E-state index contributed by atoms with van der Waals surface area (Å²) in [6.07, 6.45) is 6.83. The maximum Gasteiger partial charge on any atom is 0.290 e. The molecule has 0 saturated heterocycles. The highest BCUT2D eigenvalue weighted by Crippen LogP contribution is 2.38. The number of nitrogens with zero attached hydrogens (tertiary/aromatic N) is 4. The number of carbonyl (C=O) groups excluding carboxylic acids is 1. The molecule has 0 spiro atoms. The standard InChI is InChI=1S/C30H38N6O2S.CH2O2/c1-4-35-20-23-11-12-39-34(3)26-14-24(15-27(35)29(23)26)30(38)33-25(13-21-9-7-6-8-10-21)28(37)18-31-16-22-17-32-36(5-2)19-22;2-1-3/h6-10,14-15,17,19-20,25,28,31,37H,4-5,11-13,16,18H2,1-3H3,(H,33,38);1H,(H,2,3)/t25-,28+;/m0./s1. The predicted octanol–water partition coefficient (Wildman–Crippen LogP) is 3.71. The molecule has 42 heavy (non-hydrogen) atoms. The average molecular weight is 593 g/mol. The smallest absolute Gasteiger partial charge is 0.290 e. The molecule has 2 atom stereocenters. The Morgan fingerprint density at radius 2 is 1.90 bits per heavy atom. The van der Waals surface area contributed by atoms with Gasteiger partial charge in [-0.3, -0.25) is 14.3 Å². The van der Waals surface area contributed by atoms with E-state index in [2.05, 4.69) is 51.7 Å². The van der Waals surface area contributed by atoms with E-state index in [1.165, 1.54) is 10.9 Å². The van der Waals surface area contributed by atoms with Gasteiger partial charge in [0.2, 0.25) is 0 Å². The van der Waals surface area contributed by atoms with Crippen molar-refractivity contribution in [3.63, 3.8) is 0 Å². The predicted molar refractivity (Wildman–Crippen MR) is 168 cm³/mol. The lowest BCUT2D eigenvalue weighted by atomic mass is 10.00. The van der Waals surface area contributed by atoms with E-state index in [1.54, 1.807) is 11.9 Å². The van der Waals surface area contributed by atoms with E-state index in [1.807, 2.05) is 59.5 Å². The second-order valence-corrected chi connectivity index (χ2v) is 11.4. The van der Waals surface area contributed by atoms with Gasteiger partial charge in [0.05, 0.1) is 29.5 Å². The van der Waals surface area contributed by atoms with Crippen LogP contribution in [-0.4, -0.2) is 68.4 Å². The molecule has 4 aromatic rings. The molecule has 0 radical (unpaired) electrons. The molecule has 5 rings (SSSR count). The van der Waals surface area contributed by atoms with Gasteiger partial charge in [0.25, 0.3) is 12.4 Å². The third kappa shape index (κ3) is 7.53. The third-order valence-corrected chi connectivity index (χ3v) is 8.38. The average Bonchev–Trinajstić information content (AvgIpc) is 3.57. The molecule has 0 unspecified atom stereocenters. The van der Waals surface area contributed by atoms with Crippen molar-refractivity contribution in [1.29, 1.82) is 0 Å². The van der Waals surface area contributed by atoms with E-state index in [9.17, 15) is 9.90 Å². The number of benzene rings is 2. The van der Waals surface area contributed by atoms with Crippen LogP contribution >= 0.6 is 11.9 Å². The first kappa shape index (κ1) is 31.1. The van der Waals surface area contributed by atoms with Crippen LogP contribution in [0.25, 0.3) is 10.9 Å². The number of aromatic nitrogens is 3. The van der Waals surface area contributed by atoms with Crippen molar-refractivity contribution in [2.45, 2.75) is 58.5 Å². The fraction of sp³-hybridized carbons (Fsp3) is 0.387. The molecule has 0 fully saturated rings. The zero-order chi connectivity index (χ0) is 30.1. The molecular weight excluding hydrogens is 552 g/mol. The molecule has 1 aliphatic rings. The lowest BCUT2D eigenvalue weighted by Gasteiger charge is -2.25. The van der Waals surface area contributed by atoms with Crippen LogP contribution in [-0.2, 0) is 37.3 Å². The van der Waals surface area contributed by atoms with Gasteiger partial charge in [0.15, 0.2) is 0 Å². The molecule has 0 aliphatic carbocycles. The van der Waals surface area contributed by atoms with Gasteiger partial charge in [-0.05, 0) is 61.9 Å². The van der Waals surface area contributed by atoms with Gasteiger partial charge < -0.3 is 29.7 Å². The topological polar surface area (TPSA) is 125 Å². The summed E-state index contributed by atoms with van der Waals surface area (Å²) in [7, 11) is 2.07. The van der Waals surface area contributed by atoms with Crippen molar-refractivity contribution >= 4 is 40.9 Å². The summed E-state index contributed by atoms with van der Waals surface area (Å²) < 4.78 is 6.29.